The zero-order valence-electron chi connectivity index (χ0n) is 21.4. The standard InChI is InChI=1S/C29H26ClN5O4S/c1-2-23(36)34-14-6-7-17(16-34)32-27(37)26-25-24-22(12-13-31-28(24)40-26)35(29(38)33-25)21-11-10-19(15-20(21)30)39-18-8-4-3-5-9-18/h2-5,8-13,15,17,25-26H,1,6-7,14,16H2,(H,32,37)(H,33,38)/t17?,25?,26-/m1/s1. The van der Waals surface area contributed by atoms with Crippen molar-refractivity contribution in [2.24, 2.45) is 0 Å². The van der Waals surface area contributed by atoms with Crippen LogP contribution in [0.5, 0.6) is 11.5 Å². The number of hydrogen-bond acceptors (Lipinski definition) is 6. The van der Waals surface area contributed by atoms with E-state index in [1.54, 1.807) is 35.4 Å². The highest BCUT2D eigenvalue weighted by Gasteiger charge is 2.47. The van der Waals surface area contributed by atoms with Crippen molar-refractivity contribution in [1.29, 1.82) is 0 Å². The Labute approximate surface area is 240 Å². The lowest BCUT2D eigenvalue weighted by atomic mass is 9.99. The van der Waals surface area contributed by atoms with Crippen molar-refractivity contribution < 1.29 is 19.1 Å². The second-order valence-electron chi connectivity index (χ2n) is 9.71. The minimum atomic E-state index is -0.600. The molecule has 204 valence electrons. The van der Waals surface area contributed by atoms with Gasteiger partial charge in [-0.1, -0.05) is 48.1 Å². The van der Waals surface area contributed by atoms with Gasteiger partial charge in [-0.05, 0) is 49.2 Å². The van der Waals surface area contributed by atoms with Crippen molar-refractivity contribution in [3.05, 3.63) is 84.0 Å². The molecule has 1 saturated heterocycles. The summed E-state index contributed by atoms with van der Waals surface area (Å²) in [5.41, 5.74) is 1.89. The van der Waals surface area contributed by atoms with Crippen LogP contribution in [-0.2, 0) is 9.59 Å². The topological polar surface area (TPSA) is 104 Å². The van der Waals surface area contributed by atoms with Crippen molar-refractivity contribution in [3.8, 4) is 11.5 Å². The van der Waals surface area contributed by atoms with Gasteiger partial charge in [0.25, 0.3) is 0 Å². The quantitative estimate of drug-likeness (QED) is 0.392. The number of amides is 4. The number of piperidine rings is 1. The number of anilines is 2. The predicted molar refractivity (Wildman–Crippen MR) is 153 cm³/mol. The van der Waals surface area contributed by atoms with Gasteiger partial charge in [-0.2, -0.15) is 0 Å². The van der Waals surface area contributed by atoms with Crippen molar-refractivity contribution in [1.82, 2.24) is 20.5 Å². The Morgan fingerprint density at radius 2 is 1.98 bits per heavy atom. The summed E-state index contributed by atoms with van der Waals surface area (Å²) in [4.78, 5) is 46.7. The molecule has 2 aromatic carbocycles. The number of urea groups is 1. The summed E-state index contributed by atoms with van der Waals surface area (Å²) in [5.74, 6) is 0.865. The number of carbonyl (C=O) groups excluding carboxylic acids is 3. The Balaban J connectivity index is 1.23. The van der Waals surface area contributed by atoms with Crippen LogP contribution in [-0.4, -0.2) is 52.1 Å². The molecular weight excluding hydrogens is 550 g/mol. The van der Waals surface area contributed by atoms with Crippen LogP contribution in [0.4, 0.5) is 16.2 Å². The van der Waals surface area contributed by atoms with Gasteiger partial charge in [-0.3, -0.25) is 14.5 Å². The summed E-state index contributed by atoms with van der Waals surface area (Å²) in [6.45, 7) is 4.63. The Hall–Kier alpha value is -4.02. The zero-order chi connectivity index (χ0) is 27.8. The van der Waals surface area contributed by atoms with E-state index in [4.69, 9.17) is 16.3 Å². The van der Waals surface area contributed by atoms with Gasteiger partial charge in [0.2, 0.25) is 11.8 Å². The Kier molecular flexibility index (Phi) is 7.12. The number of ether oxygens (including phenoxy) is 1. The molecule has 9 nitrogen and oxygen atoms in total. The van der Waals surface area contributed by atoms with Gasteiger partial charge in [0, 0.05) is 37.0 Å². The van der Waals surface area contributed by atoms with Crippen molar-refractivity contribution in [2.45, 2.75) is 35.2 Å². The van der Waals surface area contributed by atoms with Gasteiger partial charge >= 0.3 is 6.03 Å². The fraction of sp³-hybridized carbons (Fsp3) is 0.241. The first-order valence-corrected chi connectivity index (χ1v) is 14.2. The lowest BCUT2D eigenvalue weighted by Gasteiger charge is -2.36. The van der Waals surface area contributed by atoms with E-state index in [1.165, 1.54) is 22.7 Å². The van der Waals surface area contributed by atoms with Crippen molar-refractivity contribution in [2.75, 3.05) is 18.0 Å². The van der Waals surface area contributed by atoms with Gasteiger partial charge in [0.1, 0.15) is 21.8 Å². The maximum Gasteiger partial charge on any atom is 0.327 e. The van der Waals surface area contributed by atoms with Crippen LogP contribution in [0.3, 0.4) is 0 Å². The number of carbonyl (C=O) groups is 3. The molecule has 0 aliphatic carbocycles. The molecule has 3 aromatic rings. The second-order valence-corrected chi connectivity index (χ2v) is 11.3. The summed E-state index contributed by atoms with van der Waals surface area (Å²) in [6, 6.07) is 15.1. The van der Waals surface area contributed by atoms with E-state index < -0.39 is 17.3 Å². The number of thioether (sulfide) groups is 1. The van der Waals surface area contributed by atoms with E-state index >= 15 is 0 Å². The number of hydrogen-bond donors (Lipinski definition) is 2. The number of nitrogens with one attached hydrogen (secondary N) is 2. The van der Waals surface area contributed by atoms with Crippen LogP contribution >= 0.6 is 23.4 Å². The summed E-state index contributed by atoms with van der Waals surface area (Å²) in [6.07, 6.45) is 4.48. The molecule has 4 amide bonds. The average molecular weight is 576 g/mol. The smallest absolute Gasteiger partial charge is 0.327 e. The third kappa shape index (κ3) is 4.89. The molecule has 11 heteroatoms. The second kappa shape index (κ2) is 10.9. The molecule has 0 saturated carbocycles. The maximum atomic E-state index is 13.5. The summed E-state index contributed by atoms with van der Waals surface area (Å²) < 4.78 is 5.88. The third-order valence-electron chi connectivity index (χ3n) is 7.16. The largest absolute Gasteiger partial charge is 0.457 e. The van der Waals surface area contributed by atoms with E-state index in [0.717, 1.165) is 18.4 Å². The van der Waals surface area contributed by atoms with E-state index in [2.05, 4.69) is 22.2 Å². The highest BCUT2D eigenvalue weighted by Crippen LogP contribution is 2.51. The van der Waals surface area contributed by atoms with E-state index in [9.17, 15) is 14.4 Å². The Morgan fingerprint density at radius 3 is 2.75 bits per heavy atom. The van der Waals surface area contributed by atoms with Crippen LogP contribution in [0, 0.1) is 0 Å². The molecule has 2 N–H and O–H groups in total. The van der Waals surface area contributed by atoms with Gasteiger partial charge in [-0.15, -0.1) is 0 Å². The molecule has 0 spiro atoms. The van der Waals surface area contributed by atoms with Crippen molar-refractivity contribution in [3.63, 3.8) is 0 Å². The summed E-state index contributed by atoms with van der Waals surface area (Å²) >= 11 is 7.99. The first-order valence-electron chi connectivity index (χ1n) is 12.9. The highest BCUT2D eigenvalue weighted by atomic mass is 35.5. The number of nitrogens with zero attached hydrogens (tertiary/aromatic N) is 3. The number of aromatic nitrogens is 1. The number of rotatable bonds is 6. The maximum absolute atomic E-state index is 13.5. The molecule has 40 heavy (non-hydrogen) atoms. The minimum Gasteiger partial charge on any atom is -0.457 e. The average Bonchev–Trinajstić information content (AvgIpc) is 3.33. The van der Waals surface area contributed by atoms with Crippen LogP contribution in [0.15, 0.2) is 78.5 Å². The number of benzene rings is 2. The van der Waals surface area contributed by atoms with Crippen LogP contribution in [0.1, 0.15) is 24.4 Å². The highest BCUT2D eigenvalue weighted by molar-refractivity contribution is 8.01. The van der Waals surface area contributed by atoms with E-state index in [-0.39, 0.29) is 17.9 Å². The van der Waals surface area contributed by atoms with E-state index in [0.29, 0.717) is 46.0 Å². The Morgan fingerprint density at radius 1 is 1.15 bits per heavy atom. The number of pyridine rings is 1. The molecule has 0 radical (unpaired) electrons. The van der Waals surface area contributed by atoms with Gasteiger partial charge in [0.15, 0.2) is 0 Å². The molecule has 1 fully saturated rings. The fourth-order valence-electron chi connectivity index (χ4n) is 5.33. The molecule has 3 aliphatic rings. The monoisotopic (exact) mass is 575 g/mol. The van der Waals surface area contributed by atoms with Crippen molar-refractivity contribution >= 4 is 52.6 Å². The Bertz CT molecular complexity index is 1500. The minimum absolute atomic E-state index is 0.145. The number of halogens is 1. The van der Waals surface area contributed by atoms with E-state index in [1.807, 2.05) is 30.3 Å². The molecule has 1 aromatic heterocycles. The normalized spacial score (nSPS) is 21.3. The molecule has 3 aliphatic heterocycles. The first-order chi connectivity index (χ1) is 19.4. The molecule has 3 atom stereocenters. The molecule has 6 rings (SSSR count). The zero-order valence-corrected chi connectivity index (χ0v) is 23.0. The SMILES string of the molecule is C=CC(=O)N1CCCC(NC(=O)[C@@H]2Sc3nccc4c3C2NC(=O)N4c2ccc(Oc3ccccc3)cc2Cl)C1. The molecule has 2 unspecified atom stereocenters. The summed E-state index contributed by atoms with van der Waals surface area (Å²) in [7, 11) is 0. The van der Waals surface area contributed by atoms with Crippen LogP contribution < -0.4 is 20.3 Å². The molecular formula is C29H26ClN5O4S. The number of likely N-dealkylation sites (tertiary alicyclic amines) is 1. The van der Waals surface area contributed by atoms with Gasteiger partial charge in [-0.25, -0.2) is 9.78 Å². The first kappa shape index (κ1) is 26.2. The van der Waals surface area contributed by atoms with Gasteiger partial charge in [0.05, 0.1) is 22.4 Å². The van der Waals surface area contributed by atoms with Crippen LogP contribution in [0.25, 0.3) is 0 Å². The summed E-state index contributed by atoms with van der Waals surface area (Å²) in [5, 5.41) is 6.51. The molecule has 4 heterocycles. The fourth-order valence-corrected chi connectivity index (χ4v) is 6.82. The lowest BCUT2D eigenvalue weighted by molar-refractivity contribution is -0.129. The van der Waals surface area contributed by atoms with Gasteiger partial charge < -0.3 is 20.3 Å². The third-order valence-corrected chi connectivity index (χ3v) is 8.75. The lowest BCUT2D eigenvalue weighted by Crippen LogP contribution is -2.53. The molecule has 0 bridgehead atoms. The number of para-hydroxylation sites is 1. The predicted octanol–water partition coefficient (Wildman–Crippen LogP) is 5.20. The van der Waals surface area contributed by atoms with Crippen LogP contribution in [0.2, 0.25) is 5.02 Å².